The number of nitrogens with one attached hydrogen (secondary N) is 1. The second-order valence-electron chi connectivity index (χ2n) is 9.83. The number of ether oxygens (including phenoxy) is 2. The van der Waals surface area contributed by atoms with Crippen LogP contribution in [0.2, 0.25) is 0 Å². The number of nitriles is 1. The Morgan fingerprint density at radius 2 is 2.12 bits per heavy atom. The van der Waals surface area contributed by atoms with Crippen LogP contribution in [0.4, 0.5) is 0 Å². The predicted octanol–water partition coefficient (Wildman–Crippen LogP) is 3.14. The first-order valence-electron chi connectivity index (χ1n) is 13.2. The lowest BCUT2D eigenvalue weighted by Gasteiger charge is -2.29. The van der Waals surface area contributed by atoms with Crippen molar-refractivity contribution < 1.29 is 28.1 Å². The van der Waals surface area contributed by atoms with E-state index in [9.17, 15) is 24.4 Å². The van der Waals surface area contributed by atoms with Gasteiger partial charge in [-0.1, -0.05) is 20.3 Å². The number of aryl methyl sites for hydroxylation is 1. The molecule has 0 spiro atoms. The molecule has 1 aliphatic heterocycles. The molecule has 0 aromatic carbocycles. The van der Waals surface area contributed by atoms with Gasteiger partial charge >= 0.3 is 11.7 Å². The van der Waals surface area contributed by atoms with E-state index in [4.69, 9.17) is 18.5 Å². The minimum atomic E-state index is -1.81. The monoisotopic (exact) mass is 577 g/mol. The Balaban J connectivity index is 1.86. The SMILES string of the molecule is CCCC(C)C(CC#N)OP(OC1CC(n2cc(C)c(=O)[nH]c2=O)OC1COC(=O)CCC(C)=O)n1ccnc1. The van der Waals surface area contributed by atoms with Crippen molar-refractivity contribution in [3.63, 3.8) is 0 Å². The van der Waals surface area contributed by atoms with Gasteiger partial charge in [0.25, 0.3) is 14.1 Å². The fraction of sp³-hybridized carbons (Fsp3) is 0.615. The van der Waals surface area contributed by atoms with Gasteiger partial charge < -0.3 is 23.3 Å². The fourth-order valence-corrected chi connectivity index (χ4v) is 5.79. The predicted molar refractivity (Wildman–Crippen MR) is 144 cm³/mol. The number of carbonyl (C=O) groups excluding carboxylic acids is 2. The second kappa shape index (κ2) is 15.0. The highest BCUT2D eigenvalue weighted by atomic mass is 31.2. The van der Waals surface area contributed by atoms with Crippen molar-refractivity contribution in [3.05, 3.63) is 51.3 Å². The molecule has 40 heavy (non-hydrogen) atoms. The van der Waals surface area contributed by atoms with Crippen LogP contribution in [0.25, 0.3) is 0 Å². The highest BCUT2D eigenvalue weighted by Crippen LogP contribution is 2.47. The summed E-state index contributed by atoms with van der Waals surface area (Å²) in [5.74, 6) is -0.598. The molecule has 1 aliphatic rings. The smallest absolute Gasteiger partial charge is 0.330 e. The lowest BCUT2D eigenvalue weighted by molar-refractivity contribution is -0.150. The summed E-state index contributed by atoms with van der Waals surface area (Å²) in [7, 11) is -1.81. The molecular weight excluding hydrogens is 541 g/mol. The topological polar surface area (TPSA) is 168 Å². The fourth-order valence-electron chi connectivity index (χ4n) is 4.25. The number of imidazole rings is 1. The van der Waals surface area contributed by atoms with E-state index in [-0.39, 0.29) is 44.0 Å². The summed E-state index contributed by atoms with van der Waals surface area (Å²) in [6.07, 6.45) is 5.70. The molecule has 6 unspecified atom stereocenters. The van der Waals surface area contributed by atoms with Gasteiger partial charge in [-0.05, 0) is 26.2 Å². The number of carbonyl (C=O) groups is 2. The Morgan fingerprint density at radius 1 is 1.35 bits per heavy atom. The number of H-pyrrole nitrogens is 1. The molecule has 2 aromatic heterocycles. The zero-order valence-corrected chi connectivity index (χ0v) is 24.0. The van der Waals surface area contributed by atoms with E-state index < -0.39 is 50.3 Å². The first kappa shape index (κ1) is 31.4. The molecule has 1 fully saturated rings. The maximum atomic E-state index is 12.6. The zero-order chi connectivity index (χ0) is 29.2. The summed E-state index contributed by atoms with van der Waals surface area (Å²) in [5, 5.41) is 9.42. The zero-order valence-electron chi connectivity index (χ0n) is 23.1. The average molecular weight is 578 g/mol. The largest absolute Gasteiger partial charge is 0.463 e. The van der Waals surface area contributed by atoms with Crippen molar-refractivity contribution in [2.75, 3.05) is 6.61 Å². The molecular formula is C26H36N5O8P. The Kier molecular flexibility index (Phi) is 11.8. The minimum absolute atomic E-state index is 0.0639. The summed E-state index contributed by atoms with van der Waals surface area (Å²) in [6.45, 7) is 6.87. The van der Waals surface area contributed by atoms with E-state index in [1.807, 2.05) is 6.92 Å². The molecule has 14 heteroatoms. The molecule has 6 atom stereocenters. The Morgan fingerprint density at radius 3 is 2.77 bits per heavy atom. The number of hydrogen-bond donors (Lipinski definition) is 1. The van der Waals surface area contributed by atoms with Crippen LogP contribution >= 0.6 is 8.53 Å². The van der Waals surface area contributed by atoms with Gasteiger partial charge in [0.1, 0.15) is 37.2 Å². The van der Waals surface area contributed by atoms with Crippen LogP contribution in [0.5, 0.6) is 0 Å². The Hall–Kier alpha value is -3.17. The summed E-state index contributed by atoms with van der Waals surface area (Å²) in [5.41, 5.74) is -0.813. The lowest BCUT2D eigenvalue weighted by Crippen LogP contribution is -2.33. The van der Waals surface area contributed by atoms with E-state index in [0.717, 1.165) is 12.8 Å². The molecule has 0 bridgehead atoms. The van der Waals surface area contributed by atoms with E-state index >= 15 is 0 Å². The van der Waals surface area contributed by atoms with Crippen LogP contribution in [0.3, 0.4) is 0 Å². The van der Waals surface area contributed by atoms with Crippen molar-refractivity contribution in [2.24, 2.45) is 5.92 Å². The molecule has 13 nitrogen and oxygen atoms in total. The van der Waals surface area contributed by atoms with Gasteiger partial charge in [-0.25, -0.2) is 9.78 Å². The standard InChI is InChI=1S/C26H36N5O8P/c1-5-6-17(2)20(9-10-27)38-40(30-12-11-28-16-30)39-21-13-23(31-14-18(3)25(34)29-26(31)35)37-22(21)15-36-24(33)8-7-19(4)32/h11-12,14,16-17,20-23H,5-9,13,15H2,1-4H3,(H,29,34,35). The summed E-state index contributed by atoms with van der Waals surface area (Å²) < 4.78 is 27.3. The number of Topliss-reactive ketones (excluding diaryl/α,β-unsaturated/α-hetero) is 1. The van der Waals surface area contributed by atoms with Crippen LogP contribution in [0.1, 0.15) is 71.1 Å². The molecule has 0 aliphatic carbocycles. The van der Waals surface area contributed by atoms with Gasteiger partial charge in [0, 0.05) is 37.0 Å². The minimum Gasteiger partial charge on any atom is -0.463 e. The molecule has 1 saturated heterocycles. The third-order valence-corrected chi connectivity index (χ3v) is 8.04. The summed E-state index contributed by atoms with van der Waals surface area (Å²) >= 11 is 0. The van der Waals surface area contributed by atoms with Gasteiger partial charge in [-0.2, -0.15) is 5.26 Å². The summed E-state index contributed by atoms with van der Waals surface area (Å²) in [4.78, 5) is 54.3. The molecule has 2 aromatic rings. The quantitative estimate of drug-likeness (QED) is 0.245. The average Bonchev–Trinajstić information content (AvgIpc) is 3.58. The maximum Gasteiger partial charge on any atom is 0.330 e. The Labute approximate surface area is 233 Å². The molecule has 0 saturated carbocycles. The van der Waals surface area contributed by atoms with Crippen LogP contribution in [-0.2, 0) is 28.1 Å². The molecule has 0 amide bonds. The third-order valence-electron chi connectivity index (χ3n) is 6.53. The van der Waals surface area contributed by atoms with Crippen LogP contribution in [0.15, 0.2) is 34.5 Å². The van der Waals surface area contributed by atoms with Gasteiger partial charge in [0.15, 0.2) is 0 Å². The van der Waals surface area contributed by atoms with Gasteiger partial charge in [-0.15, -0.1) is 0 Å². The van der Waals surface area contributed by atoms with Crippen molar-refractivity contribution in [2.45, 2.75) is 90.8 Å². The van der Waals surface area contributed by atoms with E-state index in [0.29, 0.717) is 5.56 Å². The van der Waals surface area contributed by atoms with Crippen molar-refractivity contribution in [1.29, 1.82) is 5.26 Å². The van der Waals surface area contributed by atoms with Crippen molar-refractivity contribution >= 4 is 20.3 Å². The summed E-state index contributed by atoms with van der Waals surface area (Å²) in [6, 6.07) is 2.19. The highest BCUT2D eigenvalue weighted by molar-refractivity contribution is 7.45. The normalized spacial score (nSPS) is 20.9. The Bertz CT molecular complexity index is 1290. The molecule has 218 valence electrons. The first-order chi connectivity index (χ1) is 19.1. The molecule has 3 rings (SSSR count). The number of aromatic nitrogens is 4. The number of aromatic amines is 1. The van der Waals surface area contributed by atoms with Gasteiger partial charge in [0.05, 0.1) is 25.0 Å². The number of rotatable bonds is 15. The van der Waals surface area contributed by atoms with E-state index in [1.54, 1.807) is 30.0 Å². The molecule has 3 heterocycles. The highest BCUT2D eigenvalue weighted by Gasteiger charge is 2.41. The van der Waals surface area contributed by atoms with Crippen molar-refractivity contribution in [3.8, 4) is 6.07 Å². The number of esters is 1. The van der Waals surface area contributed by atoms with E-state index in [2.05, 4.69) is 23.0 Å². The molecule has 0 radical (unpaired) electrons. The number of ketones is 1. The maximum absolute atomic E-state index is 12.6. The second-order valence-corrected chi connectivity index (χ2v) is 11.2. The first-order valence-corrected chi connectivity index (χ1v) is 14.4. The van der Waals surface area contributed by atoms with Crippen LogP contribution in [0, 0.1) is 24.2 Å². The molecule has 1 N–H and O–H groups in total. The van der Waals surface area contributed by atoms with Crippen LogP contribution in [-0.4, -0.2) is 55.5 Å². The van der Waals surface area contributed by atoms with Gasteiger partial charge in [-0.3, -0.25) is 23.5 Å². The van der Waals surface area contributed by atoms with Gasteiger partial charge in [0.2, 0.25) is 0 Å². The van der Waals surface area contributed by atoms with Crippen LogP contribution < -0.4 is 11.2 Å². The number of hydrogen-bond acceptors (Lipinski definition) is 10. The van der Waals surface area contributed by atoms with Crippen molar-refractivity contribution in [1.82, 2.24) is 18.9 Å². The van der Waals surface area contributed by atoms with E-state index in [1.165, 1.54) is 17.7 Å². The lowest BCUT2D eigenvalue weighted by atomic mass is 9.98. The third kappa shape index (κ3) is 8.66. The number of nitrogens with zero attached hydrogens (tertiary/aromatic N) is 4.